The Morgan fingerprint density at radius 3 is 1.17 bits per heavy atom. The summed E-state index contributed by atoms with van der Waals surface area (Å²) in [6, 6.07) is -3.23. The van der Waals surface area contributed by atoms with Gasteiger partial charge in [0.25, 0.3) is 0 Å². The fourth-order valence-electron chi connectivity index (χ4n) is 1.95. The fraction of sp³-hybridized carbons (Fsp3) is 1.00. The molecule has 0 amide bonds. The van der Waals surface area contributed by atoms with Gasteiger partial charge in [-0.15, -0.1) is 0 Å². The summed E-state index contributed by atoms with van der Waals surface area (Å²) in [4.78, 5) is 0. The number of rotatable bonds is 4. The molecule has 0 aliphatic heterocycles. The smallest absolute Gasteiger partial charge is 0.203 e. The van der Waals surface area contributed by atoms with Crippen molar-refractivity contribution < 1.29 is 78.8 Å². The molecule has 1 aliphatic rings. The molecule has 0 aromatic carbocycles. The normalized spacial score (nSPS) is 24.1. The van der Waals surface area contributed by atoms with Crippen LogP contribution in [-0.4, -0.2) is 39.9 Å². The maximum absolute atomic E-state index is 12.3. The summed E-state index contributed by atoms with van der Waals surface area (Å²) < 4.78 is 120. The fourth-order valence-corrected chi connectivity index (χ4v) is 3.57. The van der Waals surface area contributed by atoms with Crippen LogP contribution in [0.2, 0.25) is 0 Å². The Morgan fingerprint density at radius 1 is 0.696 bits per heavy atom. The number of nitrogens with one attached hydrogen (secondary N) is 2. The third-order valence-electron chi connectivity index (χ3n) is 2.99. The predicted molar refractivity (Wildman–Crippen MR) is 62.3 cm³/mol. The first-order valence-electron chi connectivity index (χ1n) is 5.84. The van der Waals surface area contributed by atoms with Gasteiger partial charge in [0.15, 0.2) is 0 Å². The van der Waals surface area contributed by atoms with Gasteiger partial charge in [0.1, 0.15) is 0 Å². The van der Waals surface area contributed by atoms with Crippen LogP contribution in [0.15, 0.2) is 0 Å². The van der Waals surface area contributed by atoms with E-state index in [9.17, 15) is 43.2 Å². The number of halogens is 6. The van der Waals surface area contributed by atoms with Crippen molar-refractivity contribution in [2.24, 2.45) is 0 Å². The van der Waals surface area contributed by atoms with Crippen molar-refractivity contribution in [1.29, 1.82) is 0 Å². The summed E-state index contributed by atoms with van der Waals surface area (Å²) in [6.07, 6.45) is 0.0469. The summed E-state index contributed by atoms with van der Waals surface area (Å²) in [5.74, 6) is 0. The molecule has 0 aromatic rings. The molecule has 2 N–H and O–H groups in total. The first-order valence-corrected chi connectivity index (χ1v) is 8.81. The van der Waals surface area contributed by atoms with E-state index >= 15 is 0 Å². The molecule has 1 radical (unpaired) electrons. The van der Waals surface area contributed by atoms with Crippen molar-refractivity contribution in [2.75, 3.05) is 0 Å². The minimum Gasteiger partial charge on any atom is -0.203 e. The average Bonchev–Trinajstić information content (AvgIpc) is 2.28. The molecular weight excluding hydrogens is 505 g/mol. The Labute approximate surface area is 156 Å². The van der Waals surface area contributed by atoms with Gasteiger partial charge in [0.05, 0.1) is 0 Å². The minimum atomic E-state index is -5.79. The van der Waals surface area contributed by atoms with Crippen LogP contribution in [0.1, 0.15) is 25.7 Å². The Hall–Kier alpha value is 0.595. The minimum absolute atomic E-state index is 0. The van der Waals surface area contributed by atoms with Crippen molar-refractivity contribution in [1.82, 2.24) is 9.44 Å². The molecule has 1 rings (SSSR count). The monoisotopic (exact) mass is 517 g/mol. The van der Waals surface area contributed by atoms with Gasteiger partial charge in [-0.2, -0.15) is 26.3 Å². The van der Waals surface area contributed by atoms with Gasteiger partial charge in [-0.1, -0.05) is 12.8 Å². The van der Waals surface area contributed by atoms with Gasteiger partial charge < -0.3 is 0 Å². The van der Waals surface area contributed by atoms with E-state index < -0.39 is 43.1 Å². The van der Waals surface area contributed by atoms with Crippen LogP contribution in [0, 0.1) is 35.6 Å². The zero-order valence-electron chi connectivity index (χ0n) is 11.3. The molecule has 0 heterocycles. The zero-order valence-corrected chi connectivity index (χ0v) is 16.5. The summed E-state index contributed by atoms with van der Waals surface area (Å²) >= 11 is 0. The Kier molecular flexibility index (Phi) is 8.07. The van der Waals surface area contributed by atoms with Crippen LogP contribution < -0.4 is 9.44 Å². The third kappa shape index (κ3) is 6.11. The molecule has 6 nitrogen and oxygen atoms in total. The molecule has 2 atom stereocenters. The number of hydrogen-bond acceptors (Lipinski definition) is 4. The van der Waals surface area contributed by atoms with Crippen molar-refractivity contribution in [3.05, 3.63) is 0 Å². The summed E-state index contributed by atoms with van der Waals surface area (Å²) in [6.45, 7) is 0. The second-order valence-corrected chi connectivity index (χ2v) is 8.04. The topological polar surface area (TPSA) is 92.3 Å². The van der Waals surface area contributed by atoms with Crippen LogP contribution in [0.5, 0.6) is 0 Å². The van der Waals surface area contributed by atoms with Crippen molar-refractivity contribution in [3.8, 4) is 0 Å². The molecule has 1 fully saturated rings. The van der Waals surface area contributed by atoms with E-state index in [1.54, 1.807) is 0 Å². The zero-order chi connectivity index (χ0) is 17.4. The van der Waals surface area contributed by atoms with Crippen molar-refractivity contribution in [3.63, 3.8) is 0 Å². The van der Waals surface area contributed by atoms with E-state index in [1.165, 1.54) is 9.44 Å². The number of alkyl halides is 6. The SMILES string of the molecule is O=S(=O)(N[C@@H]1CCCC[C@H]1NS(=O)(=O)C(F)(F)F)C(F)(F)F.[La]. The average molecular weight is 517 g/mol. The molecule has 0 spiro atoms. The van der Waals surface area contributed by atoms with E-state index in [1.807, 2.05) is 0 Å². The largest absolute Gasteiger partial charge is 0.511 e. The van der Waals surface area contributed by atoms with Crippen LogP contribution in [-0.2, 0) is 20.0 Å². The molecule has 0 aromatic heterocycles. The third-order valence-corrected chi connectivity index (χ3v) is 5.43. The molecule has 1 aliphatic carbocycles. The molecular formula is C8H12F6LaN2O4S2. The van der Waals surface area contributed by atoms with E-state index in [4.69, 9.17) is 0 Å². The Morgan fingerprint density at radius 2 is 0.957 bits per heavy atom. The summed E-state index contributed by atoms with van der Waals surface area (Å²) in [7, 11) is -11.6. The molecule has 1 saturated carbocycles. The molecule has 0 saturated heterocycles. The maximum atomic E-state index is 12.3. The van der Waals surface area contributed by atoms with Crippen molar-refractivity contribution >= 4 is 20.0 Å². The standard InChI is InChI=1S/C8H12F6N2O4S2.La/c9-7(10,11)21(17,18)15-5-3-1-2-4-6(5)16-22(19,20)8(12,13)14;/h5-6,15-16H,1-4H2;/t5-,6-;/m1./s1. The van der Waals surface area contributed by atoms with Gasteiger partial charge in [-0.05, 0) is 12.8 Å². The second-order valence-electron chi connectivity index (χ2n) is 4.63. The summed E-state index contributed by atoms with van der Waals surface area (Å²) in [5.41, 5.74) is -11.3. The molecule has 15 heteroatoms. The van der Waals surface area contributed by atoms with Gasteiger partial charge in [-0.25, -0.2) is 26.3 Å². The van der Waals surface area contributed by atoms with Gasteiger partial charge >= 0.3 is 31.1 Å². The van der Waals surface area contributed by atoms with Crippen molar-refractivity contribution in [2.45, 2.75) is 48.8 Å². The van der Waals surface area contributed by atoms with Gasteiger partial charge in [0, 0.05) is 47.7 Å². The Balaban J connectivity index is 0.00000484. The first-order chi connectivity index (χ1) is 9.67. The van der Waals surface area contributed by atoms with E-state index in [0.717, 1.165) is 0 Å². The van der Waals surface area contributed by atoms with Gasteiger partial charge in [0.2, 0.25) is 0 Å². The molecule has 0 bridgehead atoms. The molecule has 23 heavy (non-hydrogen) atoms. The predicted octanol–water partition coefficient (Wildman–Crippen LogP) is 1.18. The summed E-state index contributed by atoms with van der Waals surface area (Å²) in [5, 5.41) is 0. The van der Waals surface area contributed by atoms with Gasteiger partial charge in [-0.3, -0.25) is 0 Å². The van der Waals surface area contributed by atoms with Crippen LogP contribution in [0.3, 0.4) is 0 Å². The molecule has 135 valence electrons. The number of hydrogen-bond donors (Lipinski definition) is 2. The van der Waals surface area contributed by atoms with Crippen LogP contribution >= 0.6 is 0 Å². The van der Waals surface area contributed by atoms with Crippen LogP contribution in [0.25, 0.3) is 0 Å². The first kappa shape index (κ1) is 23.6. The quantitative estimate of drug-likeness (QED) is 0.549. The second kappa shape index (κ2) is 7.87. The Bertz CT molecular complexity index is 549. The number of sulfonamides is 2. The maximum Gasteiger partial charge on any atom is 0.511 e. The van der Waals surface area contributed by atoms with Crippen LogP contribution in [0.4, 0.5) is 26.3 Å². The van der Waals surface area contributed by atoms with E-state index in [2.05, 4.69) is 0 Å². The van der Waals surface area contributed by atoms with E-state index in [-0.39, 0.29) is 61.3 Å². The molecule has 0 unspecified atom stereocenters. The van der Waals surface area contributed by atoms with E-state index in [0.29, 0.717) is 0 Å².